The number of aliphatic hydroxyl groups is 3. The van der Waals surface area contributed by atoms with Crippen LogP contribution in [0.15, 0.2) is 23.1 Å². The van der Waals surface area contributed by atoms with E-state index in [0.717, 1.165) is 11.3 Å². The molecule has 0 aliphatic heterocycles. The van der Waals surface area contributed by atoms with Crippen LogP contribution in [-0.2, 0) is 20.8 Å². The number of nitrogens with zero attached hydrogens (tertiary/aromatic N) is 2. The molecule has 13 heteroatoms. The summed E-state index contributed by atoms with van der Waals surface area (Å²) in [5.74, 6) is -9.50. The van der Waals surface area contributed by atoms with Crippen LogP contribution >= 0.6 is 11.3 Å². The molecule has 5 rings (SSSR count). The quantitative estimate of drug-likeness (QED) is 0.269. The molecule has 2 saturated carbocycles. The molecule has 3 aliphatic rings. The number of likely N-dealkylation sites (N-methyl/N-ethyl adjacent to an activating group) is 1. The summed E-state index contributed by atoms with van der Waals surface area (Å²) in [6, 6.07) is 2.03. The number of thiophene rings is 1. The fourth-order valence-electron chi connectivity index (χ4n) is 6.91. The molecule has 1 heterocycles. The van der Waals surface area contributed by atoms with Gasteiger partial charge in [0.1, 0.15) is 17.4 Å². The highest BCUT2D eigenvalue weighted by atomic mass is 32.1. The van der Waals surface area contributed by atoms with Crippen LogP contribution in [0.3, 0.4) is 0 Å². The van der Waals surface area contributed by atoms with Crippen LogP contribution in [0.25, 0.3) is 16.2 Å². The summed E-state index contributed by atoms with van der Waals surface area (Å²) < 4.78 is 0. The van der Waals surface area contributed by atoms with E-state index in [-0.39, 0.29) is 40.0 Å². The predicted molar refractivity (Wildman–Crippen MR) is 149 cm³/mol. The number of Topliss-reactive ketones (excluding diaryl/α,β-unsaturated/α-hetero) is 2. The molecule has 3 aliphatic carbocycles. The number of carboxylic acids is 1. The summed E-state index contributed by atoms with van der Waals surface area (Å²) in [5.41, 5.74) is 3.42. The molecule has 0 spiro atoms. The maximum atomic E-state index is 14.1. The first-order valence-corrected chi connectivity index (χ1v) is 13.8. The zero-order chi connectivity index (χ0) is 30.3. The summed E-state index contributed by atoms with van der Waals surface area (Å²) in [5, 5.41) is 57.0. The molecule has 7 N–H and O–H groups in total. The zero-order valence-corrected chi connectivity index (χ0v) is 23.6. The lowest BCUT2D eigenvalue weighted by Crippen LogP contribution is -2.73. The van der Waals surface area contributed by atoms with Gasteiger partial charge in [-0.25, -0.2) is 4.79 Å². The number of phenols is 1. The van der Waals surface area contributed by atoms with Gasteiger partial charge in [0.25, 0.3) is 0 Å². The van der Waals surface area contributed by atoms with E-state index < -0.39 is 70.5 Å². The van der Waals surface area contributed by atoms with E-state index in [0.29, 0.717) is 11.3 Å². The van der Waals surface area contributed by atoms with Crippen molar-refractivity contribution >= 4 is 46.2 Å². The van der Waals surface area contributed by atoms with E-state index in [1.54, 1.807) is 44.5 Å². The number of aromatic carboxylic acids is 1. The van der Waals surface area contributed by atoms with Gasteiger partial charge in [0, 0.05) is 42.9 Å². The minimum Gasteiger partial charge on any atom is -0.507 e. The van der Waals surface area contributed by atoms with Gasteiger partial charge in [0.2, 0.25) is 11.7 Å². The second-order valence-corrected chi connectivity index (χ2v) is 12.2. The Bertz CT molecular complexity index is 1540. The zero-order valence-electron chi connectivity index (χ0n) is 22.8. The standard InChI is InChI=1S/C28H31N3O9S/c1-30(2)15-9-13(23-11(27(38)39)5-6-41-23)20(32)17-12(15)7-10-8-14-19(31(3)4)22(34)18(26(29)37)25(36)28(14,40)24(35)16(10)21(17)33/h5-6,9-10,14,18-19,22,32-34,40H,7-8H2,1-4H3,(H2,29,37)(H,38,39)/t10-,14-,18?,19-,22?,28-/m0/s1. The molecular weight excluding hydrogens is 554 g/mol. The Morgan fingerprint density at radius 2 is 1.80 bits per heavy atom. The lowest BCUT2D eigenvalue weighted by Gasteiger charge is -2.53. The number of aliphatic hydroxyl groups excluding tert-OH is 2. The van der Waals surface area contributed by atoms with Crippen molar-refractivity contribution in [1.82, 2.24) is 4.90 Å². The Balaban J connectivity index is 1.75. The van der Waals surface area contributed by atoms with Gasteiger partial charge >= 0.3 is 5.97 Å². The van der Waals surface area contributed by atoms with Crippen LogP contribution in [0, 0.1) is 17.8 Å². The number of rotatable bonds is 5. The molecule has 0 saturated heterocycles. The van der Waals surface area contributed by atoms with Gasteiger partial charge in [0.15, 0.2) is 11.4 Å². The number of carbonyl (C=O) groups is 4. The molecule has 6 atom stereocenters. The molecule has 41 heavy (non-hydrogen) atoms. The van der Waals surface area contributed by atoms with Crippen molar-refractivity contribution in [3.8, 4) is 16.2 Å². The Kier molecular flexibility index (Phi) is 6.77. The molecular formula is C28H31N3O9S. The minimum absolute atomic E-state index is 0.00166. The van der Waals surface area contributed by atoms with E-state index >= 15 is 0 Å². The second-order valence-electron chi connectivity index (χ2n) is 11.3. The molecule has 1 aromatic heterocycles. The highest BCUT2D eigenvalue weighted by Gasteiger charge is 2.67. The molecule has 1 aromatic carbocycles. The molecule has 12 nitrogen and oxygen atoms in total. The van der Waals surface area contributed by atoms with Gasteiger partial charge < -0.3 is 41.1 Å². The van der Waals surface area contributed by atoms with Crippen LogP contribution in [0.4, 0.5) is 5.69 Å². The molecule has 1 amide bonds. The molecule has 0 bridgehead atoms. The summed E-state index contributed by atoms with van der Waals surface area (Å²) in [6.07, 6.45) is -1.43. The van der Waals surface area contributed by atoms with Crippen molar-refractivity contribution in [2.75, 3.05) is 33.1 Å². The van der Waals surface area contributed by atoms with Crippen molar-refractivity contribution in [2.45, 2.75) is 30.6 Å². The first-order chi connectivity index (χ1) is 19.1. The first kappa shape index (κ1) is 28.7. The Labute approximate surface area is 238 Å². The summed E-state index contributed by atoms with van der Waals surface area (Å²) in [6.45, 7) is 0. The number of aromatic hydroxyl groups is 1. The number of anilines is 1. The van der Waals surface area contributed by atoms with Crippen LogP contribution in [0.1, 0.15) is 27.9 Å². The largest absolute Gasteiger partial charge is 0.507 e. The fourth-order valence-corrected chi connectivity index (χ4v) is 7.82. The third-order valence-corrected chi connectivity index (χ3v) is 9.63. The number of carbonyl (C=O) groups excluding carboxylic acids is 3. The molecule has 0 radical (unpaired) electrons. The number of ketones is 2. The van der Waals surface area contributed by atoms with Gasteiger partial charge in [0.05, 0.1) is 22.1 Å². The third-order valence-electron chi connectivity index (χ3n) is 8.69. The summed E-state index contributed by atoms with van der Waals surface area (Å²) >= 11 is 1.08. The van der Waals surface area contributed by atoms with Crippen LogP contribution < -0.4 is 10.6 Å². The fraction of sp³-hybridized carbons (Fsp3) is 0.429. The van der Waals surface area contributed by atoms with Crippen molar-refractivity contribution in [2.24, 2.45) is 23.5 Å². The van der Waals surface area contributed by atoms with Crippen molar-refractivity contribution in [3.63, 3.8) is 0 Å². The Morgan fingerprint density at radius 3 is 2.37 bits per heavy atom. The Morgan fingerprint density at radius 1 is 1.15 bits per heavy atom. The van der Waals surface area contributed by atoms with Crippen LogP contribution in [-0.4, -0.2) is 99.8 Å². The number of hydrogen-bond acceptors (Lipinski definition) is 11. The van der Waals surface area contributed by atoms with E-state index in [1.807, 2.05) is 0 Å². The number of fused-ring (bicyclic) bond motifs is 3. The first-order valence-electron chi connectivity index (χ1n) is 12.9. The monoisotopic (exact) mass is 585 g/mol. The maximum absolute atomic E-state index is 14.1. The maximum Gasteiger partial charge on any atom is 0.337 e. The van der Waals surface area contributed by atoms with E-state index in [1.165, 1.54) is 11.0 Å². The average Bonchev–Trinajstić information content (AvgIpc) is 3.36. The molecule has 2 unspecified atom stereocenters. The normalized spacial score (nSPS) is 29.2. The van der Waals surface area contributed by atoms with E-state index in [4.69, 9.17) is 5.73 Å². The van der Waals surface area contributed by atoms with E-state index in [2.05, 4.69) is 0 Å². The van der Waals surface area contributed by atoms with Gasteiger partial charge in [-0.1, -0.05) is 0 Å². The minimum atomic E-state index is -2.76. The topological polar surface area (TPSA) is 202 Å². The smallest absolute Gasteiger partial charge is 0.337 e. The van der Waals surface area contributed by atoms with Crippen LogP contribution in [0.2, 0.25) is 0 Å². The van der Waals surface area contributed by atoms with Crippen molar-refractivity contribution < 1.29 is 44.7 Å². The van der Waals surface area contributed by atoms with Crippen molar-refractivity contribution in [1.29, 1.82) is 0 Å². The lowest BCUT2D eigenvalue weighted by molar-refractivity contribution is -0.184. The summed E-state index contributed by atoms with van der Waals surface area (Å²) in [7, 11) is 6.66. The number of hydrogen-bond donors (Lipinski definition) is 6. The van der Waals surface area contributed by atoms with Crippen molar-refractivity contribution in [3.05, 3.63) is 39.8 Å². The SMILES string of the molecule is CN(C)c1cc(-c2sccc2C(=O)O)c(O)c2c1C[C@H]1C[C@H]3[C@H](N(C)C)C(O)C(C(N)=O)C(=O)[C@@]3(O)C(=O)C1=C2O. The Hall–Kier alpha value is -3.78. The number of primary amides is 1. The number of nitrogens with two attached hydrogens (primary N) is 1. The average molecular weight is 586 g/mol. The summed E-state index contributed by atoms with van der Waals surface area (Å²) in [4.78, 5) is 55.1. The number of benzene rings is 1. The van der Waals surface area contributed by atoms with Crippen LogP contribution in [0.5, 0.6) is 5.75 Å². The molecule has 2 fully saturated rings. The van der Waals surface area contributed by atoms with Gasteiger partial charge in [-0.15, -0.1) is 11.3 Å². The number of phenolic OH excluding ortho intramolecular Hbond substituents is 1. The third kappa shape index (κ3) is 3.90. The highest BCUT2D eigenvalue weighted by molar-refractivity contribution is 7.14. The van der Waals surface area contributed by atoms with E-state index in [9.17, 15) is 44.7 Å². The van der Waals surface area contributed by atoms with Gasteiger partial charge in [-0.2, -0.15) is 0 Å². The second kappa shape index (κ2) is 9.65. The predicted octanol–water partition coefficient (Wildman–Crippen LogP) is 0.622. The van der Waals surface area contributed by atoms with Gasteiger partial charge in [-0.05, 0) is 55.9 Å². The molecule has 2 aromatic rings. The number of carboxylic acid groups (broad SMARTS) is 1. The lowest BCUT2D eigenvalue weighted by atomic mass is 9.54. The molecule has 218 valence electrons. The number of amides is 1. The van der Waals surface area contributed by atoms with Gasteiger partial charge in [-0.3, -0.25) is 14.4 Å². The highest BCUT2D eigenvalue weighted by Crippen LogP contribution is 2.55.